The number of hydrogen-bond donors (Lipinski definition) is 2. The number of thiol groups is 1. The van der Waals surface area contributed by atoms with Gasteiger partial charge in [0.25, 0.3) is 0 Å². The van der Waals surface area contributed by atoms with Crippen LogP contribution in [-0.2, 0) is 4.79 Å². The fraction of sp³-hybridized carbons (Fsp3) is 0.300. The maximum absolute atomic E-state index is 10.6. The van der Waals surface area contributed by atoms with Crippen molar-refractivity contribution in [3.63, 3.8) is 0 Å². The topological polar surface area (TPSA) is 29.1 Å². The molecule has 0 unspecified atom stereocenters. The van der Waals surface area contributed by atoms with Crippen LogP contribution in [-0.4, -0.2) is 5.91 Å². The van der Waals surface area contributed by atoms with Crippen molar-refractivity contribution in [2.24, 2.45) is 0 Å². The molecule has 0 heterocycles. The lowest BCUT2D eigenvalue weighted by Gasteiger charge is -2.03. The molecule has 2 nitrogen and oxygen atoms in total. The molecule has 0 saturated carbocycles. The smallest absolute Gasteiger partial charge is 0.221 e. The van der Waals surface area contributed by atoms with Gasteiger partial charge < -0.3 is 5.32 Å². The Morgan fingerprint density at radius 1 is 1.31 bits per heavy atom. The first-order chi connectivity index (χ1) is 6.11. The average Bonchev–Trinajstić information content (AvgIpc) is 2.16. The predicted octanol–water partition coefficient (Wildman–Crippen LogP) is 2.66. The SMILES string of the molecule is C=C/C(S)=C(\C=C)NC(C)=O.CC. The van der Waals surface area contributed by atoms with Gasteiger partial charge in [-0.1, -0.05) is 33.1 Å². The summed E-state index contributed by atoms with van der Waals surface area (Å²) in [6.45, 7) is 12.4. The Morgan fingerprint density at radius 2 is 1.77 bits per heavy atom. The van der Waals surface area contributed by atoms with E-state index < -0.39 is 0 Å². The van der Waals surface area contributed by atoms with Crippen LogP contribution >= 0.6 is 12.6 Å². The molecule has 0 fully saturated rings. The van der Waals surface area contributed by atoms with E-state index in [1.165, 1.54) is 19.1 Å². The van der Waals surface area contributed by atoms with E-state index in [0.29, 0.717) is 10.6 Å². The molecule has 0 saturated heterocycles. The highest BCUT2D eigenvalue weighted by Crippen LogP contribution is 2.07. The van der Waals surface area contributed by atoms with E-state index in [4.69, 9.17) is 0 Å². The molecule has 0 bridgehead atoms. The number of carbonyl (C=O) groups excluding carboxylic acids is 1. The van der Waals surface area contributed by atoms with Crippen molar-refractivity contribution >= 4 is 18.5 Å². The molecule has 0 rings (SSSR count). The number of carbonyl (C=O) groups is 1. The summed E-state index contributed by atoms with van der Waals surface area (Å²) < 4.78 is 0. The minimum Gasteiger partial charge on any atom is -0.325 e. The molecule has 0 radical (unpaired) electrons. The summed E-state index contributed by atoms with van der Waals surface area (Å²) in [6, 6.07) is 0. The Balaban J connectivity index is 0. The van der Waals surface area contributed by atoms with Crippen LogP contribution in [0.3, 0.4) is 0 Å². The van der Waals surface area contributed by atoms with Crippen molar-refractivity contribution in [2.45, 2.75) is 20.8 Å². The zero-order chi connectivity index (χ0) is 10.9. The third-order valence-corrected chi connectivity index (χ3v) is 1.41. The number of amides is 1. The van der Waals surface area contributed by atoms with Gasteiger partial charge in [0.1, 0.15) is 0 Å². The van der Waals surface area contributed by atoms with Gasteiger partial charge in [0.15, 0.2) is 0 Å². The van der Waals surface area contributed by atoms with Crippen molar-refractivity contribution in [3.8, 4) is 0 Å². The Bertz CT molecular complexity index is 219. The van der Waals surface area contributed by atoms with E-state index >= 15 is 0 Å². The monoisotopic (exact) mass is 199 g/mol. The fourth-order valence-corrected chi connectivity index (χ4v) is 0.666. The van der Waals surface area contributed by atoms with E-state index in [9.17, 15) is 4.79 Å². The van der Waals surface area contributed by atoms with E-state index in [-0.39, 0.29) is 5.91 Å². The molecule has 0 aliphatic carbocycles. The van der Waals surface area contributed by atoms with Gasteiger partial charge in [-0.05, 0) is 6.08 Å². The van der Waals surface area contributed by atoms with Gasteiger partial charge in [-0.3, -0.25) is 4.79 Å². The van der Waals surface area contributed by atoms with Crippen molar-refractivity contribution in [2.75, 3.05) is 0 Å². The molecule has 1 amide bonds. The van der Waals surface area contributed by atoms with Gasteiger partial charge in [0.05, 0.1) is 5.70 Å². The van der Waals surface area contributed by atoms with Crippen LogP contribution in [0.25, 0.3) is 0 Å². The highest BCUT2D eigenvalue weighted by Gasteiger charge is 1.97. The molecule has 0 aromatic rings. The summed E-state index contributed by atoms with van der Waals surface area (Å²) in [4.78, 5) is 11.2. The zero-order valence-electron chi connectivity index (χ0n) is 8.42. The van der Waals surface area contributed by atoms with Gasteiger partial charge in [-0.2, -0.15) is 0 Å². The van der Waals surface area contributed by atoms with Crippen LogP contribution in [0.15, 0.2) is 35.9 Å². The van der Waals surface area contributed by atoms with E-state index in [2.05, 4.69) is 31.1 Å². The molecule has 0 aromatic heterocycles. The standard InChI is InChI=1S/C8H11NOS.C2H6/c1-4-7(8(11)5-2)9-6(3)10;1-2/h4-5,11H,1-2H2,3H3,(H,9,10);1-2H3/b8-7-;. The lowest BCUT2D eigenvalue weighted by molar-refractivity contribution is -0.118. The Morgan fingerprint density at radius 3 is 2.00 bits per heavy atom. The molecule has 0 aliphatic heterocycles. The molecule has 0 aliphatic rings. The highest BCUT2D eigenvalue weighted by molar-refractivity contribution is 7.84. The minimum atomic E-state index is -0.145. The van der Waals surface area contributed by atoms with Crippen molar-refractivity contribution in [3.05, 3.63) is 35.9 Å². The van der Waals surface area contributed by atoms with Crippen LogP contribution < -0.4 is 5.32 Å². The van der Waals surface area contributed by atoms with E-state index in [0.717, 1.165) is 0 Å². The third kappa shape index (κ3) is 7.40. The van der Waals surface area contributed by atoms with Gasteiger partial charge >= 0.3 is 0 Å². The molecule has 3 heteroatoms. The molecule has 1 N–H and O–H groups in total. The molecular weight excluding hydrogens is 182 g/mol. The van der Waals surface area contributed by atoms with Crippen molar-refractivity contribution in [1.82, 2.24) is 5.32 Å². The number of allylic oxidation sites excluding steroid dienone is 2. The van der Waals surface area contributed by atoms with Crippen LogP contribution in [0.1, 0.15) is 20.8 Å². The molecular formula is C10H17NOS. The van der Waals surface area contributed by atoms with Gasteiger partial charge in [-0.25, -0.2) is 0 Å². The first-order valence-corrected chi connectivity index (χ1v) is 4.52. The predicted molar refractivity (Wildman–Crippen MR) is 61.6 cm³/mol. The number of rotatable bonds is 3. The lowest BCUT2D eigenvalue weighted by atomic mass is 10.3. The summed E-state index contributed by atoms with van der Waals surface area (Å²) in [6.07, 6.45) is 3.06. The van der Waals surface area contributed by atoms with Crippen LogP contribution in [0.4, 0.5) is 0 Å². The first-order valence-electron chi connectivity index (χ1n) is 4.07. The maximum atomic E-state index is 10.6. The summed E-state index contributed by atoms with van der Waals surface area (Å²) in [5, 5.41) is 2.56. The largest absolute Gasteiger partial charge is 0.325 e. The molecule has 74 valence electrons. The molecule has 0 aromatic carbocycles. The average molecular weight is 199 g/mol. The molecule has 0 atom stereocenters. The van der Waals surface area contributed by atoms with Gasteiger partial charge in [0.2, 0.25) is 5.91 Å². The van der Waals surface area contributed by atoms with E-state index in [1.807, 2.05) is 13.8 Å². The Hall–Kier alpha value is -0.960. The Labute approximate surface area is 85.8 Å². The van der Waals surface area contributed by atoms with Crippen LogP contribution in [0.5, 0.6) is 0 Å². The quantitative estimate of drug-likeness (QED) is 0.531. The second-order valence-electron chi connectivity index (χ2n) is 1.89. The summed E-state index contributed by atoms with van der Waals surface area (Å²) in [5.41, 5.74) is 0.579. The fourth-order valence-electron chi connectivity index (χ4n) is 0.519. The number of nitrogens with one attached hydrogen (secondary N) is 1. The maximum Gasteiger partial charge on any atom is 0.221 e. The first kappa shape index (κ1) is 14.6. The summed E-state index contributed by atoms with van der Waals surface area (Å²) in [5.74, 6) is -0.145. The van der Waals surface area contributed by atoms with Crippen LogP contribution in [0.2, 0.25) is 0 Å². The lowest BCUT2D eigenvalue weighted by Crippen LogP contribution is -2.18. The normalized spacial score (nSPS) is 10.2. The Kier molecular flexibility index (Phi) is 10.2. The summed E-state index contributed by atoms with van der Waals surface area (Å²) >= 11 is 4.06. The minimum absolute atomic E-state index is 0.145. The highest BCUT2D eigenvalue weighted by atomic mass is 32.1. The number of hydrogen-bond acceptors (Lipinski definition) is 2. The second kappa shape index (κ2) is 9.13. The molecule has 13 heavy (non-hydrogen) atoms. The van der Waals surface area contributed by atoms with E-state index in [1.54, 1.807) is 0 Å². The third-order valence-electron chi connectivity index (χ3n) is 0.984. The second-order valence-corrected chi connectivity index (χ2v) is 2.37. The van der Waals surface area contributed by atoms with Crippen molar-refractivity contribution < 1.29 is 4.79 Å². The summed E-state index contributed by atoms with van der Waals surface area (Å²) in [7, 11) is 0. The van der Waals surface area contributed by atoms with Crippen molar-refractivity contribution in [1.29, 1.82) is 0 Å². The van der Waals surface area contributed by atoms with Gasteiger partial charge in [0, 0.05) is 11.8 Å². The zero-order valence-corrected chi connectivity index (χ0v) is 9.32. The van der Waals surface area contributed by atoms with Gasteiger partial charge in [-0.15, -0.1) is 12.6 Å². The van der Waals surface area contributed by atoms with Crippen LogP contribution in [0, 0.1) is 0 Å². The molecule has 0 spiro atoms.